The Hall–Kier alpha value is -0.910. The molecule has 0 unspecified atom stereocenters. The van der Waals surface area contributed by atoms with Crippen LogP contribution in [0.5, 0.6) is 0 Å². The van der Waals surface area contributed by atoms with Gasteiger partial charge in [-0.15, -0.1) is 0 Å². The predicted molar refractivity (Wildman–Crippen MR) is 87.1 cm³/mol. The van der Waals surface area contributed by atoms with Gasteiger partial charge in [-0.1, -0.05) is 28.1 Å². The smallest absolute Gasteiger partial charge is 0.224 e. The number of nitrogens with one attached hydrogen (secondary N) is 1. The van der Waals surface area contributed by atoms with Crippen LogP contribution in [-0.2, 0) is 16.1 Å². The first-order chi connectivity index (χ1) is 10.1. The fraction of sp³-hybridized carbons (Fsp3) is 0.562. The molecule has 1 aromatic carbocycles. The molecule has 1 saturated heterocycles. The van der Waals surface area contributed by atoms with Gasteiger partial charge >= 0.3 is 0 Å². The Morgan fingerprint density at radius 2 is 2.00 bits per heavy atom. The number of piperidine rings is 1. The van der Waals surface area contributed by atoms with Crippen LogP contribution >= 0.6 is 15.9 Å². The molecule has 5 heteroatoms. The monoisotopic (exact) mass is 354 g/mol. The van der Waals surface area contributed by atoms with E-state index in [1.807, 2.05) is 31.3 Å². The van der Waals surface area contributed by atoms with Crippen LogP contribution < -0.4 is 5.32 Å². The molecule has 1 amide bonds. The van der Waals surface area contributed by atoms with Gasteiger partial charge in [0.05, 0.1) is 19.1 Å². The van der Waals surface area contributed by atoms with Crippen molar-refractivity contribution < 1.29 is 9.53 Å². The SMILES string of the molecule is CN(Cc1ccc(Br)cc1)C(=O)CCOC1CCNCC1. The largest absolute Gasteiger partial charge is 0.378 e. The van der Waals surface area contributed by atoms with Crippen molar-refractivity contribution in [2.45, 2.75) is 31.9 Å². The van der Waals surface area contributed by atoms with Crippen molar-refractivity contribution in [1.29, 1.82) is 0 Å². The Kier molecular flexibility index (Phi) is 6.67. The molecule has 1 heterocycles. The molecular formula is C16H23BrN2O2. The molecule has 0 saturated carbocycles. The Balaban J connectivity index is 1.68. The van der Waals surface area contributed by atoms with E-state index in [9.17, 15) is 4.79 Å². The van der Waals surface area contributed by atoms with Crippen molar-refractivity contribution >= 4 is 21.8 Å². The summed E-state index contributed by atoms with van der Waals surface area (Å²) in [7, 11) is 1.84. The molecule has 1 aliphatic heterocycles. The van der Waals surface area contributed by atoms with Gasteiger partial charge in [-0.3, -0.25) is 4.79 Å². The number of carbonyl (C=O) groups is 1. The number of halogens is 1. The van der Waals surface area contributed by atoms with Crippen LogP contribution in [0.15, 0.2) is 28.7 Å². The molecule has 0 aromatic heterocycles. The lowest BCUT2D eigenvalue weighted by atomic mass is 10.1. The van der Waals surface area contributed by atoms with Crippen molar-refractivity contribution in [3.8, 4) is 0 Å². The number of amides is 1. The van der Waals surface area contributed by atoms with E-state index in [1.54, 1.807) is 4.90 Å². The second-order valence-electron chi connectivity index (χ2n) is 5.45. The van der Waals surface area contributed by atoms with E-state index in [0.29, 0.717) is 25.7 Å². The molecule has 116 valence electrons. The Morgan fingerprint density at radius 1 is 1.33 bits per heavy atom. The predicted octanol–water partition coefficient (Wildman–Crippen LogP) is 2.57. The van der Waals surface area contributed by atoms with E-state index in [4.69, 9.17) is 4.74 Å². The summed E-state index contributed by atoms with van der Waals surface area (Å²) in [6, 6.07) is 8.04. The Bertz CT molecular complexity index is 444. The molecule has 1 N–H and O–H groups in total. The van der Waals surface area contributed by atoms with E-state index in [2.05, 4.69) is 21.2 Å². The van der Waals surface area contributed by atoms with Gasteiger partial charge in [-0.25, -0.2) is 0 Å². The zero-order valence-electron chi connectivity index (χ0n) is 12.5. The van der Waals surface area contributed by atoms with Crippen LogP contribution in [0, 0.1) is 0 Å². The maximum atomic E-state index is 12.1. The van der Waals surface area contributed by atoms with E-state index in [-0.39, 0.29) is 5.91 Å². The quantitative estimate of drug-likeness (QED) is 0.853. The molecule has 0 spiro atoms. The average molecular weight is 355 g/mol. The van der Waals surface area contributed by atoms with Crippen LogP contribution in [0.25, 0.3) is 0 Å². The molecule has 0 aliphatic carbocycles. The number of rotatable bonds is 6. The van der Waals surface area contributed by atoms with Crippen LogP contribution in [0.2, 0.25) is 0 Å². The summed E-state index contributed by atoms with van der Waals surface area (Å²) in [5, 5.41) is 3.30. The summed E-state index contributed by atoms with van der Waals surface area (Å²) in [5.74, 6) is 0.131. The van der Waals surface area contributed by atoms with Crippen LogP contribution in [-0.4, -0.2) is 43.7 Å². The second-order valence-corrected chi connectivity index (χ2v) is 6.36. The summed E-state index contributed by atoms with van der Waals surface area (Å²) >= 11 is 3.41. The maximum Gasteiger partial charge on any atom is 0.224 e. The molecule has 1 aromatic rings. The number of nitrogens with zero attached hydrogens (tertiary/aromatic N) is 1. The summed E-state index contributed by atoms with van der Waals surface area (Å²) in [6.07, 6.45) is 2.86. The molecule has 21 heavy (non-hydrogen) atoms. The van der Waals surface area contributed by atoms with Gasteiger partial charge in [0, 0.05) is 18.1 Å². The summed E-state index contributed by atoms with van der Waals surface area (Å²) in [6.45, 7) is 3.19. The molecular weight excluding hydrogens is 332 g/mol. The molecule has 0 radical (unpaired) electrons. The zero-order chi connectivity index (χ0) is 15.1. The third-order valence-electron chi connectivity index (χ3n) is 3.71. The highest BCUT2D eigenvalue weighted by molar-refractivity contribution is 9.10. The molecule has 0 atom stereocenters. The Labute approximate surface area is 135 Å². The van der Waals surface area contributed by atoms with E-state index in [1.165, 1.54) is 0 Å². The summed E-state index contributed by atoms with van der Waals surface area (Å²) < 4.78 is 6.83. The molecule has 4 nitrogen and oxygen atoms in total. The van der Waals surface area contributed by atoms with Gasteiger partial charge < -0.3 is 15.0 Å². The van der Waals surface area contributed by atoms with Crippen molar-refractivity contribution in [3.63, 3.8) is 0 Å². The molecule has 2 rings (SSSR count). The Morgan fingerprint density at radius 3 is 2.67 bits per heavy atom. The van der Waals surface area contributed by atoms with Gasteiger partial charge in [0.1, 0.15) is 0 Å². The number of benzene rings is 1. The highest BCUT2D eigenvalue weighted by Gasteiger charge is 2.15. The van der Waals surface area contributed by atoms with Crippen molar-refractivity contribution in [2.75, 3.05) is 26.7 Å². The minimum Gasteiger partial charge on any atom is -0.378 e. The molecule has 1 fully saturated rings. The number of ether oxygens (including phenoxy) is 1. The standard InChI is InChI=1S/C16H23BrN2O2/c1-19(12-13-2-4-14(17)5-3-13)16(20)8-11-21-15-6-9-18-10-7-15/h2-5,15,18H,6-12H2,1H3. The van der Waals surface area contributed by atoms with Gasteiger partial charge in [0.2, 0.25) is 5.91 Å². The first-order valence-electron chi connectivity index (χ1n) is 7.46. The third kappa shape index (κ3) is 5.77. The van der Waals surface area contributed by atoms with Crippen molar-refractivity contribution in [1.82, 2.24) is 10.2 Å². The van der Waals surface area contributed by atoms with Crippen LogP contribution in [0.1, 0.15) is 24.8 Å². The molecule has 0 bridgehead atoms. The van der Waals surface area contributed by atoms with Crippen LogP contribution in [0.3, 0.4) is 0 Å². The normalized spacial score (nSPS) is 15.9. The minimum absolute atomic E-state index is 0.131. The first kappa shape index (κ1) is 16.5. The lowest BCUT2D eigenvalue weighted by molar-refractivity contribution is -0.132. The highest BCUT2D eigenvalue weighted by atomic mass is 79.9. The van der Waals surface area contributed by atoms with Crippen molar-refractivity contribution in [3.05, 3.63) is 34.3 Å². The number of carbonyl (C=O) groups excluding carboxylic acids is 1. The summed E-state index contributed by atoms with van der Waals surface area (Å²) in [5.41, 5.74) is 1.13. The van der Waals surface area contributed by atoms with Gasteiger partial charge in [-0.2, -0.15) is 0 Å². The zero-order valence-corrected chi connectivity index (χ0v) is 14.1. The fourth-order valence-corrected chi connectivity index (χ4v) is 2.68. The average Bonchev–Trinajstić information content (AvgIpc) is 2.50. The number of hydrogen-bond donors (Lipinski definition) is 1. The number of hydrogen-bond acceptors (Lipinski definition) is 3. The summed E-state index contributed by atoms with van der Waals surface area (Å²) in [4.78, 5) is 13.8. The lowest BCUT2D eigenvalue weighted by Gasteiger charge is -2.23. The van der Waals surface area contributed by atoms with Gasteiger partial charge in [-0.05, 0) is 43.6 Å². The second kappa shape index (κ2) is 8.51. The fourth-order valence-electron chi connectivity index (χ4n) is 2.42. The minimum atomic E-state index is 0.131. The first-order valence-corrected chi connectivity index (χ1v) is 8.25. The lowest BCUT2D eigenvalue weighted by Crippen LogP contribution is -2.33. The highest BCUT2D eigenvalue weighted by Crippen LogP contribution is 2.12. The van der Waals surface area contributed by atoms with E-state index in [0.717, 1.165) is 36.0 Å². The van der Waals surface area contributed by atoms with Crippen molar-refractivity contribution in [2.24, 2.45) is 0 Å². The topological polar surface area (TPSA) is 41.6 Å². The van der Waals surface area contributed by atoms with Gasteiger partial charge in [0.25, 0.3) is 0 Å². The van der Waals surface area contributed by atoms with E-state index < -0.39 is 0 Å². The van der Waals surface area contributed by atoms with Gasteiger partial charge in [0.15, 0.2) is 0 Å². The van der Waals surface area contributed by atoms with E-state index >= 15 is 0 Å². The maximum absolute atomic E-state index is 12.1. The molecule has 1 aliphatic rings. The van der Waals surface area contributed by atoms with Crippen LogP contribution in [0.4, 0.5) is 0 Å². The third-order valence-corrected chi connectivity index (χ3v) is 4.24.